The summed E-state index contributed by atoms with van der Waals surface area (Å²) >= 11 is 5.83. The third kappa shape index (κ3) is 4.28. The molecule has 2 heterocycles. The van der Waals surface area contributed by atoms with Gasteiger partial charge in [-0.1, -0.05) is 11.6 Å². The number of amides is 1. The minimum atomic E-state index is -0.514. The molecule has 26 heavy (non-hydrogen) atoms. The fraction of sp³-hybridized carbons (Fsp3) is 0.118. The number of nitrogens with one attached hydrogen (secondary N) is 1. The molecule has 0 fully saturated rings. The molecule has 0 unspecified atom stereocenters. The van der Waals surface area contributed by atoms with Crippen LogP contribution in [0.5, 0.6) is 0 Å². The Balaban J connectivity index is 1.70. The first-order valence-electron chi connectivity index (χ1n) is 7.54. The molecular formula is C17H13ClFN5O2. The predicted octanol–water partition coefficient (Wildman–Crippen LogP) is 2.21. The Morgan fingerprint density at radius 2 is 2.00 bits per heavy atom. The fourth-order valence-corrected chi connectivity index (χ4v) is 2.49. The van der Waals surface area contributed by atoms with Gasteiger partial charge in [-0.2, -0.15) is 10.2 Å². The molecule has 2 aromatic heterocycles. The summed E-state index contributed by atoms with van der Waals surface area (Å²) in [7, 11) is 1.45. The summed E-state index contributed by atoms with van der Waals surface area (Å²) in [5.41, 5.74) is 1.01. The van der Waals surface area contributed by atoms with Crippen molar-refractivity contribution in [2.24, 2.45) is 7.05 Å². The number of aromatic nitrogens is 4. The second-order valence-corrected chi connectivity index (χ2v) is 5.94. The SMILES string of the molecule is Cn1nc(C(=O)Nc2ccc(Cc3cc(F)cc(Cl)c3)nn2)ccc1=O. The molecule has 0 saturated heterocycles. The van der Waals surface area contributed by atoms with E-state index in [4.69, 9.17) is 11.6 Å². The highest BCUT2D eigenvalue weighted by Gasteiger charge is 2.10. The summed E-state index contributed by atoms with van der Waals surface area (Å²) < 4.78 is 14.4. The van der Waals surface area contributed by atoms with Crippen LogP contribution in [-0.2, 0) is 13.5 Å². The number of carbonyl (C=O) groups excluding carboxylic acids is 1. The van der Waals surface area contributed by atoms with Gasteiger partial charge in [0.05, 0.1) is 5.69 Å². The Morgan fingerprint density at radius 1 is 1.19 bits per heavy atom. The Labute approximate surface area is 152 Å². The van der Waals surface area contributed by atoms with Gasteiger partial charge in [0.2, 0.25) is 0 Å². The third-order valence-corrected chi connectivity index (χ3v) is 3.68. The van der Waals surface area contributed by atoms with Crippen molar-refractivity contribution in [3.8, 4) is 0 Å². The highest BCUT2D eigenvalue weighted by atomic mass is 35.5. The lowest BCUT2D eigenvalue weighted by Gasteiger charge is -2.06. The standard InChI is InChI=1S/C17H13ClFN5O2/c1-24-16(25)5-3-14(23-24)17(26)20-15-4-2-13(21-22-15)8-10-6-11(18)9-12(19)7-10/h2-7,9H,8H2,1H3,(H,20,22,26). The molecule has 0 aliphatic carbocycles. The molecule has 0 bridgehead atoms. The molecule has 0 spiro atoms. The third-order valence-electron chi connectivity index (χ3n) is 3.46. The van der Waals surface area contributed by atoms with Gasteiger partial charge in [0.25, 0.3) is 11.5 Å². The summed E-state index contributed by atoms with van der Waals surface area (Å²) in [6.45, 7) is 0. The van der Waals surface area contributed by atoms with Crippen LogP contribution in [0.3, 0.4) is 0 Å². The van der Waals surface area contributed by atoms with Crippen molar-refractivity contribution in [3.05, 3.63) is 80.6 Å². The summed E-state index contributed by atoms with van der Waals surface area (Å²) in [6.07, 6.45) is 0.348. The van der Waals surface area contributed by atoms with E-state index in [1.165, 1.54) is 31.3 Å². The van der Waals surface area contributed by atoms with Crippen LogP contribution in [0.15, 0.2) is 47.3 Å². The van der Waals surface area contributed by atoms with E-state index < -0.39 is 11.7 Å². The van der Waals surface area contributed by atoms with Crippen LogP contribution in [0.1, 0.15) is 21.7 Å². The first kappa shape index (κ1) is 17.7. The average Bonchev–Trinajstić information content (AvgIpc) is 2.58. The molecule has 132 valence electrons. The largest absolute Gasteiger partial charge is 0.304 e. The lowest BCUT2D eigenvalue weighted by atomic mass is 10.1. The Hall–Kier alpha value is -3.13. The number of halogens is 2. The van der Waals surface area contributed by atoms with Gasteiger partial charge in [-0.3, -0.25) is 9.59 Å². The van der Waals surface area contributed by atoms with Crippen LogP contribution in [0.2, 0.25) is 5.02 Å². The second kappa shape index (κ2) is 7.40. The van der Waals surface area contributed by atoms with Crippen molar-refractivity contribution >= 4 is 23.3 Å². The van der Waals surface area contributed by atoms with Gasteiger partial charge in [0, 0.05) is 24.6 Å². The number of rotatable bonds is 4. The molecule has 9 heteroatoms. The van der Waals surface area contributed by atoms with Gasteiger partial charge in [-0.25, -0.2) is 9.07 Å². The van der Waals surface area contributed by atoms with Crippen LogP contribution >= 0.6 is 11.6 Å². The van der Waals surface area contributed by atoms with Crippen molar-refractivity contribution in [1.82, 2.24) is 20.0 Å². The van der Waals surface area contributed by atoms with Gasteiger partial charge < -0.3 is 5.32 Å². The van der Waals surface area contributed by atoms with Gasteiger partial charge in [-0.15, -0.1) is 5.10 Å². The lowest BCUT2D eigenvalue weighted by molar-refractivity contribution is 0.101. The minimum Gasteiger partial charge on any atom is -0.304 e. The quantitative estimate of drug-likeness (QED) is 0.757. The highest BCUT2D eigenvalue weighted by Crippen LogP contribution is 2.16. The van der Waals surface area contributed by atoms with Crippen LogP contribution in [0.4, 0.5) is 10.2 Å². The molecule has 0 saturated carbocycles. The zero-order valence-corrected chi connectivity index (χ0v) is 14.4. The van der Waals surface area contributed by atoms with E-state index in [1.54, 1.807) is 18.2 Å². The van der Waals surface area contributed by atoms with Crippen LogP contribution in [0.25, 0.3) is 0 Å². The molecule has 0 atom stereocenters. The number of nitrogens with zero attached hydrogens (tertiary/aromatic N) is 4. The Morgan fingerprint density at radius 3 is 2.65 bits per heavy atom. The molecule has 1 amide bonds. The van der Waals surface area contributed by atoms with E-state index in [2.05, 4.69) is 20.6 Å². The number of aryl methyl sites for hydroxylation is 1. The maximum absolute atomic E-state index is 13.4. The van der Waals surface area contributed by atoms with E-state index in [1.807, 2.05) is 0 Å². The summed E-state index contributed by atoms with van der Waals surface area (Å²) in [5.74, 6) is -0.708. The van der Waals surface area contributed by atoms with Crippen molar-refractivity contribution in [2.45, 2.75) is 6.42 Å². The summed E-state index contributed by atoms with van der Waals surface area (Å²) in [5, 5.41) is 14.6. The normalized spacial score (nSPS) is 10.6. The number of hydrogen-bond donors (Lipinski definition) is 1. The maximum atomic E-state index is 13.4. The lowest BCUT2D eigenvalue weighted by Crippen LogP contribution is -2.23. The van der Waals surface area contributed by atoms with Crippen molar-refractivity contribution in [3.63, 3.8) is 0 Å². The monoisotopic (exact) mass is 373 g/mol. The second-order valence-electron chi connectivity index (χ2n) is 5.50. The Bertz CT molecular complexity index is 1000. The average molecular weight is 374 g/mol. The number of hydrogen-bond acceptors (Lipinski definition) is 5. The summed E-state index contributed by atoms with van der Waals surface area (Å²) in [4.78, 5) is 23.4. The minimum absolute atomic E-state index is 0.0763. The molecule has 1 N–H and O–H groups in total. The van der Waals surface area contributed by atoms with Crippen LogP contribution < -0.4 is 10.9 Å². The van der Waals surface area contributed by atoms with E-state index in [0.717, 1.165) is 4.68 Å². The van der Waals surface area contributed by atoms with Crippen LogP contribution in [0, 0.1) is 5.82 Å². The topological polar surface area (TPSA) is 89.8 Å². The number of carbonyl (C=O) groups is 1. The van der Waals surface area contributed by atoms with Gasteiger partial charge >= 0.3 is 0 Å². The summed E-state index contributed by atoms with van der Waals surface area (Å²) in [6, 6.07) is 10.1. The van der Waals surface area contributed by atoms with Crippen molar-refractivity contribution < 1.29 is 9.18 Å². The maximum Gasteiger partial charge on any atom is 0.277 e. The van der Waals surface area contributed by atoms with E-state index in [0.29, 0.717) is 22.7 Å². The van der Waals surface area contributed by atoms with Crippen LogP contribution in [-0.4, -0.2) is 25.9 Å². The van der Waals surface area contributed by atoms with E-state index in [9.17, 15) is 14.0 Å². The zero-order valence-electron chi connectivity index (χ0n) is 13.6. The van der Waals surface area contributed by atoms with Gasteiger partial charge in [-0.05, 0) is 42.0 Å². The zero-order chi connectivity index (χ0) is 18.7. The fourth-order valence-electron chi connectivity index (χ4n) is 2.25. The predicted molar refractivity (Wildman–Crippen MR) is 93.7 cm³/mol. The molecular weight excluding hydrogens is 361 g/mol. The number of anilines is 1. The molecule has 0 aliphatic heterocycles. The number of benzene rings is 1. The Kier molecular flexibility index (Phi) is 5.04. The molecule has 0 radical (unpaired) electrons. The first-order chi connectivity index (χ1) is 12.4. The van der Waals surface area contributed by atoms with E-state index >= 15 is 0 Å². The molecule has 1 aromatic carbocycles. The van der Waals surface area contributed by atoms with Gasteiger partial charge in [0.15, 0.2) is 5.82 Å². The van der Waals surface area contributed by atoms with Gasteiger partial charge in [0.1, 0.15) is 11.5 Å². The van der Waals surface area contributed by atoms with Crippen molar-refractivity contribution in [1.29, 1.82) is 0 Å². The molecule has 3 aromatic rings. The molecule has 7 nitrogen and oxygen atoms in total. The van der Waals surface area contributed by atoms with E-state index in [-0.39, 0.29) is 17.1 Å². The molecule has 3 rings (SSSR count). The molecule has 0 aliphatic rings. The highest BCUT2D eigenvalue weighted by molar-refractivity contribution is 6.30. The smallest absolute Gasteiger partial charge is 0.277 e. The first-order valence-corrected chi connectivity index (χ1v) is 7.92. The van der Waals surface area contributed by atoms with Crippen molar-refractivity contribution in [2.75, 3.05) is 5.32 Å².